The van der Waals surface area contributed by atoms with E-state index in [0.717, 1.165) is 0 Å². The Balaban J connectivity index is 3.03. The number of aromatic carboxylic acids is 1. The number of carboxylic acid groups (broad SMARTS) is 1. The van der Waals surface area contributed by atoms with Crippen molar-refractivity contribution in [3.63, 3.8) is 0 Å². The SMILES string of the molecule is Cc1c(NC=O)c[nH]c1C(=O)O. The highest BCUT2D eigenvalue weighted by Crippen LogP contribution is 2.17. The van der Waals surface area contributed by atoms with Crippen molar-refractivity contribution in [1.29, 1.82) is 0 Å². The molecule has 0 aliphatic rings. The molecule has 1 aromatic rings. The van der Waals surface area contributed by atoms with Gasteiger partial charge in [0.25, 0.3) is 0 Å². The second-order valence-corrected chi connectivity index (χ2v) is 2.27. The minimum Gasteiger partial charge on any atom is -0.477 e. The summed E-state index contributed by atoms with van der Waals surface area (Å²) in [7, 11) is 0. The van der Waals surface area contributed by atoms with Crippen molar-refractivity contribution in [2.24, 2.45) is 0 Å². The van der Waals surface area contributed by atoms with Crippen molar-refractivity contribution in [3.05, 3.63) is 17.5 Å². The number of anilines is 1. The molecule has 1 amide bonds. The third-order valence-corrected chi connectivity index (χ3v) is 1.57. The van der Waals surface area contributed by atoms with Gasteiger partial charge in [0.1, 0.15) is 5.69 Å². The van der Waals surface area contributed by atoms with Gasteiger partial charge in [-0.2, -0.15) is 0 Å². The molecule has 64 valence electrons. The second-order valence-electron chi connectivity index (χ2n) is 2.27. The summed E-state index contributed by atoms with van der Waals surface area (Å²) >= 11 is 0. The number of hydrogen-bond acceptors (Lipinski definition) is 2. The van der Waals surface area contributed by atoms with Crippen molar-refractivity contribution < 1.29 is 14.7 Å². The van der Waals surface area contributed by atoms with E-state index in [9.17, 15) is 9.59 Å². The normalized spacial score (nSPS) is 9.42. The summed E-state index contributed by atoms with van der Waals surface area (Å²) in [6.45, 7) is 1.62. The van der Waals surface area contributed by atoms with Gasteiger partial charge in [-0.05, 0) is 6.92 Å². The Labute approximate surface area is 68.4 Å². The Kier molecular flexibility index (Phi) is 2.14. The van der Waals surface area contributed by atoms with Gasteiger partial charge in [-0.1, -0.05) is 0 Å². The minimum atomic E-state index is -1.04. The number of aromatic nitrogens is 1. The molecule has 0 radical (unpaired) electrons. The third kappa shape index (κ3) is 1.29. The first-order valence-electron chi connectivity index (χ1n) is 3.28. The van der Waals surface area contributed by atoms with Crippen LogP contribution < -0.4 is 5.32 Å². The quantitative estimate of drug-likeness (QED) is 0.577. The maximum atomic E-state index is 10.5. The monoisotopic (exact) mass is 168 g/mol. The van der Waals surface area contributed by atoms with Crippen LogP contribution in [0.4, 0.5) is 5.69 Å². The van der Waals surface area contributed by atoms with Crippen LogP contribution in [0.1, 0.15) is 16.1 Å². The number of carboxylic acids is 1. The highest BCUT2D eigenvalue weighted by atomic mass is 16.4. The second kappa shape index (κ2) is 3.08. The van der Waals surface area contributed by atoms with Gasteiger partial charge < -0.3 is 15.4 Å². The molecular weight excluding hydrogens is 160 g/mol. The van der Waals surface area contributed by atoms with Gasteiger partial charge >= 0.3 is 5.97 Å². The fourth-order valence-electron chi connectivity index (χ4n) is 0.931. The summed E-state index contributed by atoms with van der Waals surface area (Å²) in [6.07, 6.45) is 1.94. The van der Waals surface area contributed by atoms with Crippen LogP contribution in [0.25, 0.3) is 0 Å². The Bertz CT molecular complexity index is 316. The van der Waals surface area contributed by atoms with Gasteiger partial charge in [-0.15, -0.1) is 0 Å². The zero-order valence-corrected chi connectivity index (χ0v) is 6.42. The molecule has 1 rings (SSSR count). The van der Waals surface area contributed by atoms with E-state index in [0.29, 0.717) is 17.7 Å². The van der Waals surface area contributed by atoms with Crippen molar-refractivity contribution in [3.8, 4) is 0 Å². The van der Waals surface area contributed by atoms with Crippen LogP contribution in [-0.4, -0.2) is 22.5 Å². The number of carbonyl (C=O) groups excluding carboxylic acids is 1. The standard InChI is InChI=1S/C7H8N2O3/c1-4-5(9-3-10)2-8-6(4)7(11)12/h2-3,8H,1H3,(H,9,10)(H,11,12). The lowest BCUT2D eigenvalue weighted by molar-refractivity contribution is -0.105. The molecule has 12 heavy (non-hydrogen) atoms. The minimum absolute atomic E-state index is 0.0966. The molecule has 0 aliphatic heterocycles. The summed E-state index contributed by atoms with van der Waals surface area (Å²) < 4.78 is 0. The molecule has 5 nitrogen and oxygen atoms in total. The molecular formula is C7H8N2O3. The van der Waals surface area contributed by atoms with Crippen LogP contribution in [0.3, 0.4) is 0 Å². The van der Waals surface area contributed by atoms with E-state index in [4.69, 9.17) is 5.11 Å². The number of nitrogens with one attached hydrogen (secondary N) is 2. The highest BCUT2D eigenvalue weighted by molar-refractivity contribution is 5.90. The van der Waals surface area contributed by atoms with Gasteiger partial charge in [0.15, 0.2) is 0 Å². The number of hydrogen-bond donors (Lipinski definition) is 3. The number of amides is 1. The van der Waals surface area contributed by atoms with Gasteiger partial charge in [0.05, 0.1) is 5.69 Å². The molecule has 0 spiro atoms. The van der Waals surface area contributed by atoms with E-state index in [1.54, 1.807) is 6.92 Å². The Morgan fingerprint density at radius 2 is 2.42 bits per heavy atom. The van der Waals surface area contributed by atoms with Crippen molar-refractivity contribution in [2.75, 3.05) is 5.32 Å². The molecule has 0 saturated heterocycles. The first-order chi connectivity index (χ1) is 5.66. The fourth-order valence-corrected chi connectivity index (χ4v) is 0.931. The van der Waals surface area contributed by atoms with Crippen LogP contribution in [-0.2, 0) is 4.79 Å². The van der Waals surface area contributed by atoms with Gasteiger partial charge in [-0.3, -0.25) is 4.79 Å². The van der Waals surface area contributed by atoms with Gasteiger partial charge in [0.2, 0.25) is 6.41 Å². The maximum Gasteiger partial charge on any atom is 0.352 e. The van der Waals surface area contributed by atoms with Crippen LogP contribution in [0.5, 0.6) is 0 Å². The number of aromatic amines is 1. The molecule has 1 aromatic heterocycles. The summed E-state index contributed by atoms with van der Waals surface area (Å²) in [6, 6.07) is 0. The van der Waals surface area contributed by atoms with E-state index in [-0.39, 0.29) is 5.69 Å². The lowest BCUT2D eigenvalue weighted by Crippen LogP contribution is -1.99. The van der Waals surface area contributed by atoms with Crippen LogP contribution >= 0.6 is 0 Å². The molecule has 0 aliphatic carbocycles. The topological polar surface area (TPSA) is 82.2 Å². The lowest BCUT2D eigenvalue weighted by Gasteiger charge is -1.95. The van der Waals surface area contributed by atoms with Crippen molar-refractivity contribution >= 4 is 18.1 Å². The smallest absolute Gasteiger partial charge is 0.352 e. The average Bonchev–Trinajstić information content (AvgIpc) is 2.34. The Morgan fingerprint density at radius 3 is 2.83 bits per heavy atom. The maximum absolute atomic E-state index is 10.5. The molecule has 0 aromatic carbocycles. The van der Waals surface area contributed by atoms with Crippen molar-refractivity contribution in [2.45, 2.75) is 6.92 Å². The molecule has 0 fully saturated rings. The average molecular weight is 168 g/mol. The molecule has 1 heterocycles. The highest BCUT2D eigenvalue weighted by Gasteiger charge is 2.11. The summed E-state index contributed by atoms with van der Waals surface area (Å²) in [4.78, 5) is 23.1. The largest absolute Gasteiger partial charge is 0.477 e. The summed E-state index contributed by atoms with van der Waals surface area (Å²) in [5, 5.41) is 11.0. The van der Waals surface area contributed by atoms with E-state index >= 15 is 0 Å². The molecule has 0 bridgehead atoms. The fraction of sp³-hybridized carbons (Fsp3) is 0.143. The molecule has 0 saturated carbocycles. The Hall–Kier alpha value is -1.78. The number of H-pyrrole nitrogens is 1. The summed E-state index contributed by atoms with van der Waals surface area (Å²) in [5.41, 5.74) is 1.11. The van der Waals surface area contributed by atoms with E-state index in [1.807, 2.05) is 0 Å². The van der Waals surface area contributed by atoms with Gasteiger partial charge in [0, 0.05) is 11.8 Å². The number of carbonyl (C=O) groups is 2. The predicted molar refractivity (Wildman–Crippen MR) is 42.2 cm³/mol. The molecule has 3 N–H and O–H groups in total. The van der Waals surface area contributed by atoms with Crippen LogP contribution in [0, 0.1) is 6.92 Å². The lowest BCUT2D eigenvalue weighted by atomic mass is 10.2. The first-order valence-corrected chi connectivity index (χ1v) is 3.28. The Morgan fingerprint density at radius 1 is 1.75 bits per heavy atom. The third-order valence-electron chi connectivity index (χ3n) is 1.57. The van der Waals surface area contributed by atoms with Crippen LogP contribution in [0.15, 0.2) is 6.20 Å². The zero-order chi connectivity index (χ0) is 9.14. The predicted octanol–water partition coefficient (Wildman–Crippen LogP) is 0.590. The van der Waals surface area contributed by atoms with E-state index in [1.165, 1.54) is 6.20 Å². The van der Waals surface area contributed by atoms with Gasteiger partial charge in [-0.25, -0.2) is 4.79 Å². The molecule has 0 unspecified atom stereocenters. The van der Waals surface area contributed by atoms with E-state index in [2.05, 4.69) is 10.3 Å². The zero-order valence-electron chi connectivity index (χ0n) is 6.42. The van der Waals surface area contributed by atoms with Crippen LogP contribution in [0.2, 0.25) is 0 Å². The molecule has 5 heteroatoms. The summed E-state index contributed by atoms with van der Waals surface area (Å²) in [5.74, 6) is -1.04. The molecule has 0 atom stereocenters. The van der Waals surface area contributed by atoms with Crippen molar-refractivity contribution in [1.82, 2.24) is 4.98 Å². The first kappa shape index (κ1) is 8.32. The number of rotatable bonds is 3. The van der Waals surface area contributed by atoms with E-state index < -0.39 is 5.97 Å².